The smallest absolute Gasteiger partial charge is 0.144 e. The van der Waals surface area contributed by atoms with Crippen LogP contribution in [0.3, 0.4) is 0 Å². The molecule has 0 saturated heterocycles. The molecule has 2 N–H and O–H groups in total. The highest BCUT2D eigenvalue weighted by molar-refractivity contribution is 5.22. The molecular formula is C9H14N2O. The van der Waals surface area contributed by atoms with E-state index in [1.165, 1.54) is 12.0 Å². The van der Waals surface area contributed by atoms with Crippen molar-refractivity contribution in [1.29, 1.82) is 0 Å². The third-order valence-corrected chi connectivity index (χ3v) is 2.61. The van der Waals surface area contributed by atoms with E-state index in [-0.39, 0.29) is 6.04 Å². The van der Waals surface area contributed by atoms with Gasteiger partial charge >= 0.3 is 0 Å². The van der Waals surface area contributed by atoms with E-state index in [0.717, 1.165) is 18.6 Å². The number of rotatable bonds is 1. The van der Waals surface area contributed by atoms with Gasteiger partial charge in [0.1, 0.15) is 5.76 Å². The summed E-state index contributed by atoms with van der Waals surface area (Å²) in [5, 5.41) is 3.81. The van der Waals surface area contributed by atoms with Crippen molar-refractivity contribution in [2.75, 3.05) is 0 Å². The highest BCUT2D eigenvalue weighted by Gasteiger charge is 2.26. The Morgan fingerprint density at radius 3 is 3.33 bits per heavy atom. The minimum atomic E-state index is 0.178. The van der Waals surface area contributed by atoms with Crippen molar-refractivity contribution in [3.8, 4) is 0 Å². The Hall–Kier alpha value is -0.830. The molecule has 0 spiro atoms. The number of aromatic nitrogens is 1. The molecule has 2 atom stereocenters. The monoisotopic (exact) mass is 166 g/mol. The van der Waals surface area contributed by atoms with E-state index in [9.17, 15) is 0 Å². The fourth-order valence-electron chi connectivity index (χ4n) is 1.91. The van der Waals surface area contributed by atoms with Crippen LogP contribution in [0.4, 0.5) is 0 Å². The lowest BCUT2D eigenvalue weighted by Crippen LogP contribution is -2.27. The summed E-state index contributed by atoms with van der Waals surface area (Å²) in [6.45, 7) is 2.03. The number of fused-ring (bicyclic) bond motifs is 1. The van der Waals surface area contributed by atoms with Crippen LogP contribution >= 0.6 is 0 Å². The first-order chi connectivity index (χ1) is 5.79. The SMILES string of the molecule is CC(N)C1CCCc2cnoc21. The van der Waals surface area contributed by atoms with Gasteiger partial charge in [0.15, 0.2) is 0 Å². The first-order valence-electron chi connectivity index (χ1n) is 4.48. The molecule has 66 valence electrons. The third kappa shape index (κ3) is 1.14. The molecule has 0 radical (unpaired) electrons. The lowest BCUT2D eigenvalue weighted by molar-refractivity contribution is 0.323. The Labute approximate surface area is 71.9 Å². The summed E-state index contributed by atoms with van der Waals surface area (Å²) in [7, 11) is 0. The van der Waals surface area contributed by atoms with Crippen LogP contribution in [0.1, 0.15) is 37.0 Å². The van der Waals surface area contributed by atoms with Crippen LogP contribution in [0.15, 0.2) is 10.7 Å². The number of hydrogen-bond acceptors (Lipinski definition) is 3. The van der Waals surface area contributed by atoms with Gasteiger partial charge in [-0.2, -0.15) is 0 Å². The Morgan fingerprint density at radius 2 is 2.58 bits per heavy atom. The van der Waals surface area contributed by atoms with Gasteiger partial charge in [-0.3, -0.25) is 0 Å². The van der Waals surface area contributed by atoms with E-state index in [4.69, 9.17) is 10.3 Å². The van der Waals surface area contributed by atoms with Gasteiger partial charge in [0, 0.05) is 17.5 Å². The summed E-state index contributed by atoms with van der Waals surface area (Å²) in [5.74, 6) is 1.41. The van der Waals surface area contributed by atoms with Gasteiger partial charge in [0.2, 0.25) is 0 Å². The van der Waals surface area contributed by atoms with E-state index in [1.54, 1.807) is 0 Å². The summed E-state index contributed by atoms with van der Waals surface area (Å²) < 4.78 is 5.20. The second-order valence-electron chi connectivity index (χ2n) is 3.57. The van der Waals surface area contributed by atoms with Gasteiger partial charge < -0.3 is 10.3 Å². The summed E-state index contributed by atoms with van der Waals surface area (Å²) in [6, 6.07) is 0.178. The summed E-state index contributed by atoms with van der Waals surface area (Å²) >= 11 is 0. The molecule has 2 rings (SSSR count). The maximum Gasteiger partial charge on any atom is 0.144 e. The van der Waals surface area contributed by atoms with Gasteiger partial charge in [-0.15, -0.1) is 0 Å². The molecule has 1 aromatic rings. The van der Waals surface area contributed by atoms with Crippen LogP contribution in [0, 0.1) is 0 Å². The first-order valence-corrected chi connectivity index (χ1v) is 4.48. The first kappa shape index (κ1) is 7.80. The zero-order valence-electron chi connectivity index (χ0n) is 7.29. The number of nitrogens with zero attached hydrogens (tertiary/aromatic N) is 1. The van der Waals surface area contributed by atoms with Crippen LogP contribution in [-0.4, -0.2) is 11.2 Å². The molecule has 1 heterocycles. The summed E-state index contributed by atoms with van der Waals surface area (Å²) in [5.41, 5.74) is 7.11. The largest absolute Gasteiger partial charge is 0.361 e. The number of nitrogens with two attached hydrogens (primary N) is 1. The zero-order chi connectivity index (χ0) is 8.55. The van der Waals surface area contributed by atoms with Gasteiger partial charge in [-0.05, 0) is 26.2 Å². The molecule has 0 fully saturated rings. The average Bonchev–Trinajstić information content (AvgIpc) is 2.49. The second kappa shape index (κ2) is 2.90. The van der Waals surface area contributed by atoms with E-state index >= 15 is 0 Å². The van der Waals surface area contributed by atoms with E-state index in [1.807, 2.05) is 13.1 Å². The van der Waals surface area contributed by atoms with E-state index < -0.39 is 0 Å². The van der Waals surface area contributed by atoms with E-state index in [0.29, 0.717) is 5.92 Å². The molecule has 0 bridgehead atoms. The molecule has 3 heteroatoms. The van der Waals surface area contributed by atoms with Crippen molar-refractivity contribution >= 4 is 0 Å². The quantitative estimate of drug-likeness (QED) is 0.686. The molecule has 1 aromatic heterocycles. The normalized spacial score (nSPS) is 25.0. The van der Waals surface area contributed by atoms with Crippen LogP contribution in [0.25, 0.3) is 0 Å². The summed E-state index contributed by atoms with van der Waals surface area (Å²) in [6.07, 6.45) is 5.27. The van der Waals surface area contributed by atoms with Gasteiger partial charge in [0.05, 0.1) is 6.20 Å². The zero-order valence-corrected chi connectivity index (χ0v) is 7.29. The number of hydrogen-bond donors (Lipinski definition) is 1. The molecule has 0 aliphatic heterocycles. The van der Waals surface area contributed by atoms with E-state index in [2.05, 4.69) is 5.16 Å². The Morgan fingerprint density at radius 1 is 1.75 bits per heavy atom. The molecule has 1 aliphatic rings. The predicted octanol–water partition coefficient (Wildman–Crippen LogP) is 1.44. The molecule has 2 unspecified atom stereocenters. The third-order valence-electron chi connectivity index (χ3n) is 2.61. The van der Waals surface area contributed by atoms with Crippen LogP contribution in [0.2, 0.25) is 0 Å². The van der Waals surface area contributed by atoms with Gasteiger partial charge in [-0.1, -0.05) is 5.16 Å². The van der Waals surface area contributed by atoms with Crippen LogP contribution in [-0.2, 0) is 6.42 Å². The van der Waals surface area contributed by atoms with Crippen molar-refractivity contribution in [3.05, 3.63) is 17.5 Å². The standard InChI is InChI=1S/C9H14N2O/c1-6(10)8-4-2-3-7-5-11-12-9(7)8/h5-6,8H,2-4,10H2,1H3. The predicted molar refractivity (Wildman–Crippen MR) is 45.8 cm³/mol. The molecule has 0 aromatic carbocycles. The fraction of sp³-hybridized carbons (Fsp3) is 0.667. The van der Waals surface area contributed by atoms with Crippen molar-refractivity contribution in [2.45, 2.75) is 38.1 Å². The molecule has 12 heavy (non-hydrogen) atoms. The molecule has 0 amide bonds. The average molecular weight is 166 g/mol. The lowest BCUT2D eigenvalue weighted by Gasteiger charge is -2.22. The highest BCUT2D eigenvalue weighted by Crippen LogP contribution is 2.32. The fourth-order valence-corrected chi connectivity index (χ4v) is 1.91. The van der Waals surface area contributed by atoms with Crippen LogP contribution < -0.4 is 5.73 Å². The number of aryl methyl sites for hydroxylation is 1. The Kier molecular flexibility index (Phi) is 1.89. The molecule has 0 saturated carbocycles. The second-order valence-corrected chi connectivity index (χ2v) is 3.57. The van der Waals surface area contributed by atoms with Crippen molar-refractivity contribution in [3.63, 3.8) is 0 Å². The maximum absolute atomic E-state index is 5.85. The minimum absolute atomic E-state index is 0.178. The Balaban J connectivity index is 2.31. The van der Waals surface area contributed by atoms with Crippen molar-refractivity contribution in [2.24, 2.45) is 5.73 Å². The topological polar surface area (TPSA) is 52.0 Å². The van der Waals surface area contributed by atoms with Crippen molar-refractivity contribution in [1.82, 2.24) is 5.16 Å². The highest BCUT2D eigenvalue weighted by atomic mass is 16.5. The lowest BCUT2D eigenvalue weighted by atomic mass is 9.85. The summed E-state index contributed by atoms with van der Waals surface area (Å²) in [4.78, 5) is 0. The van der Waals surface area contributed by atoms with Gasteiger partial charge in [-0.25, -0.2) is 0 Å². The molecular weight excluding hydrogens is 152 g/mol. The minimum Gasteiger partial charge on any atom is -0.361 e. The van der Waals surface area contributed by atoms with Gasteiger partial charge in [0.25, 0.3) is 0 Å². The maximum atomic E-state index is 5.85. The van der Waals surface area contributed by atoms with Crippen molar-refractivity contribution < 1.29 is 4.52 Å². The molecule has 1 aliphatic carbocycles. The van der Waals surface area contributed by atoms with Crippen LogP contribution in [0.5, 0.6) is 0 Å². The Bertz CT molecular complexity index is 267. The molecule has 3 nitrogen and oxygen atoms in total.